The summed E-state index contributed by atoms with van der Waals surface area (Å²) in [7, 11) is 0. The Morgan fingerprint density at radius 3 is 1.85 bits per heavy atom. The van der Waals surface area contributed by atoms with Crippen LogP contribution in [0.4, 0.5) is 0 Å². The highest BCUT2D eigenvalue weighted by Gasteiger charge is 2.11. The molecule has 0 saturated carbocycles. The molecule has 0 bridgehead atoms. The van der Waals surface area contributed by atoms with Crippen molar-refractivity contribution in [3.8, 4) is 33.6 Å². The molecule has 8 aromatic rings. The number of hydrogen-bond acceptors (Lipinski definition) is 3. The number of benzene rings is 5. The van der Waals surface area contributed by atoms with Gasteiger partial charge in [-0.15, -0.1) is 0 Å². The van der Waals surface area contributed by atoms with Crippen LogP contribution in [0.2, 0.25) is 0 Å². The second-order valence-corrected chi connectivity index (χ2v) is 10.1. The number of hydrogen-bond donors (Lipinski definition) is 0. The van der Waals surface area contributed by atoms with Gasteiger partial charge in [0.1, 0.15) is 0 Å². The van der Waals surface area contributed by atoms with Gasteiger partial charge in [0, 0.05) is 33.5 Å². The van der Waals surface area contributed by atoms with Gasteiger partial charge < -0.3 is 0 Å². The van der Waals surface area contributed by atoms with Crippen molar-refractivity contribution >= 4 is 43.5 Å². The Bertz CT molecular complexity index is 2230. The third-order valence-corrected chi connectivity index (χ3v) is 7.66. The van der Waals surface area contributed by atoms with Crippen molar-refractivity contribution < 1.29 is 0 Å². The molecule has 0 N–H and O–H groups in total. The quantitative estimate of drug-likeness (QED) is 0.223. The minimum Gasteiger partial charge on any atom is -0.256 e. The predicted octanol–water partition coefficient (Wildman–Crippen LogP) is 9.49. The summed E-state index contributed by atoms with van der Waals surface area (Å²) < 4.78 is 0. The molecule has 3 heterocycles. The SMILES string of the molecule is c1cc(-c2ccc3ccc4ccc(-c5cnc6ccccc6c5)nc4c3n2)cc(-c2cccc3ccccc23)c1. The van der Waals surface area contributed by atoms with E-state index in [1.807, 2.05) is 24.4 Å². The van der Waals surface area contributed by atoms with Gasteiger partial charge in [-0.25, -0.2) is 9.97 Å². The molecule has 0 aliphatic carbocycles. The third kappa shape index (κ3) is 3.79. The molecule has 0 unspecified atom stereocenters. The van der Waals surface area contributed by atoms with E-state index in [4.69, 9.17) is 9.97 Å². The van der Waals surface area contributed by atoms with Crippen molar-refractivity contribution in [3.63, 3.8) is 0 Å². The lowest BCUT2D eigenvalue weighted by Crippen LogP contribution is -1.92. The zero-order chi connectivity index (χ0) is 26.5. The zero-order valence-corrected chi connectivity index (χ0v) is 21.6. The van der Waals surface area contributed by atoms with Crippen LogP contribution in [0.5, 0.6) is 0 Å². The number of aromatic nitrogens is 3. The van der Waals surface area contributed by atoms with Crippen LogP contribution < -0.4 is 0 Å². The lowest BCUT2D eigenvalue weighted by molar-refractivity contribution is 1.34. The first kappa shape index (κ1) is 22.6. The lowest BCUT2D eigenvalue weighted by Gasteiger charge is -2.10. The highest BCUT2D eigenvalue weighted by molar-refractivity contribution is 6.04. The molecule has 0 radical (unpaired) electrons. The second-order valence-electron chi connectivity index (χ2n) is 10.1. The Morgan fingerprint density at radius 2 is 1.02 bits per heavy atom. The first-order chi connectivity index (χ1) is 19.8. The fourth-order valence-electron chi connectivity index (χ4n) is 5.62. The van der Waals surface area contributed by atoms with Crippen molar-refractivity contribution in [1.29, 1.82) is 0 Å². The molecular formula is C37H23N3. The highest BCUT2D eigenvalue weighted by Crippen LogP contribution is 2.33. The average molecular weight is 510 g/mol. The van der Waals surface area contributed by atoms with Crippen LogP contribution in [0.15, 0.2) is 140 Å². The Balaban J connectivity index is 1.26. The number of fused-ring (bicyclic) bond motifs is 5. The largest absolute Gasteiger partial charge is 0.256 e. The smallest absolute Gasteiger partial charge is 0.0972 e. The van der Waals surface area contributed by atoms with Gasteiger partial charge in [-0.05, 0) is 52.2 Å². The standard InChI is InChI=1S/C37H23N3/c1-3-12-31-24(7-1)9-6-13-32(31)27-10-5-11-29(21-27)34-19-17-25-15-16-26-18-20-35(40-37(26)36(25)39-34)30-22-28-8-2-4-14-33(28)38-23-30/h1-23H. The molecule has 0 saturated heterocycles. The van der Waals surface area contributed by atoms with Gasteiger partial charge in [0.15, 0.2) is 0 Å². The molecule has 3 heteroatoms. The second kappa shape index (κ2) is 9.11. The average Bonchev–Trinajstić information content (AvgIpc) is 3.03. The highest BCUT2D eigenvalue weighted by atomic mass is 14.8. The summed E-state index contributed by atoms with van der Waals surface area (Å²) in [5, 5.41) is 5.73. The molecule has 0 fully saturated rings. The summed E-state index contributed by atoms with van der Waals surface area (Å²) in [5.74, 6) is 0. The molecule has 186 valence electrons. The normalized spacial score (nSPS) is 11.5. The minimum atomic E-state index is 0.892. The fourth-order valence-corrected chi connectivity index (χ4v) is 5.62. The first-order valence-corrected chi connectivity index (χ1v) is 13.4. The van der Waals surface area contributed by atoms with Crippen LogP contribution in [0.3, 0.4) is 0 Å². The van der Waals surface area contributed by atoms with Gasteiger partial charge in [0.2, 0.25) is 0 Å². The van der Waals surface area contributed by atoms with E-state index in [-0.39, 0.29) is 0 Å². The maximum atomic E-state index is 5.18. The van der Waals surface area contributed by atoms with Crippen molar-refractivity contribution in [2.75, 3.05) is 0 Å². The summed E-state index contributed by atoms with van der Waals surface area (Å²) in [4.78, 5) is 14.9. The maximum Gasteiger partial charge on any atom is 0.0972 e. The van der Waals surface area contributed by atoms with Gasteiger partial charge in [-0.3, -0.25) is 4.98 Å². The summed E-state index contributed by atoms with van der Waals surface area (Å²) >= 11 is 0. The monoisotopic (exact) mass is 509 g/mol. The molecule has 0 atom stereocenters. The maximum absolute atomic E-state index is 5.18. The molecule has 5 aromatic carbocycles. The van der Waals surface area contributed by atoms with Crippen LogP contribution in [0.25, 0.3) is 77.1 Å². The third-order valence-electron chi connectivity index (χ3n) is 7.66. The van der Waals surface area contributed by atoms with Crippen LogP contribution in [-0.4, -0.2) is 15.0 Å². The molecule has 8 rings (SSSR count). The Labute approximate surface area is 231 Å². The number of rotatable bonds is 3. The number of nitrogens with zero attached hydrogens (tertiary/aromatic N) is 3. The van der Waals surface area contributed by atoms with E-state index in [0.29, 0.717) is 0 Å². The van der Waals surface area contributed by atoms with E-state index in [9.17, 15) is 0 Å². The zero-order valence-electron chi connectivity index (χ0n) is 21.6. The van der Waals surface area contributed by atoms with Crippen molar-refractivity contribution in [3.05, 3.63) is 140 Å². The molecule has 0 spiro atoms. The van der Waals surface area contributed by atoms with Gasteiger partial charge >= 0.3 is 0 Å². The van der Waals surface area contributed by atoms with Crippen molar-refractivity contribution in [1.82, 2.24) is 15.0 Å². The van der Waals surface area contributed by atoms with Gasteiger partial charge in [0.25, 0.3) is 0 Å². The minimum absolute atomic E-state index is 0.892. The van der Waals surface area contributed by atoms with Gasteiger partial charge in [-0.2, -0.15) is 0 Å². The van der Waals surface area contributed by atoms with Crippen LogP contribution >= 0.6 is 0 Å². The number of para-hydroxylation sites is 1. The summed E-state index contributed by atoms with van der Waals surface area (Å²) in [5.41, 5.74) is 9.09. The lowest BCUT2D eigenvalue weighted by atomic mass is 9.96. The number of pyridine rings is 3. The van der Waals surface area contributed by atoms with Crippen molar-refractivity contribution in [2.45, 2.75) is 0 Å². The summed E-state index contributed by atoms with van der Waals surface area (Å²) in [6, 6.07) is 46.7. The van der Waals surface area contributed by atoms with Crippen LogP contribution in [0, 0.1) is 0 Å². The molecule has 0 amide bonds. The van der Waals surface area contributed by atoms with E-state index in [0.717, 1.165) is 55.2 Å². The molecule has 0 aliphatic rings. The fraction of sp³-hybridized carbons (Fsp3) is 0. The molecular weight excluding hydrogens is 486 g/mol. The molecule has 40 heavy (non-hydrogen) atoms. The van der Waals surface area contributed by atoms with E-state index in [1.54, 1.807) is 0 Å². The van der Waals surface area contributed by atoms with E-state index < -0.39 is 0 Å². The van der Waals surface area contributed by atoms with E-state index in [1.165, 1.54) is 21.9 Å². The van der Waals surface area contributed by atoms with Crippen LogP contribution in [0.1, 0.15) is 0 Å². The topological polar surface area (TPSA) is 38.7 Å². The van der Waals surface area contributed by atoms with E-state index >= 15 is 0 Å². The summed E-state index contributed by atoms with van der Waals surface area (Å²) in [6.45, 7) is 0. The van der Waals surface area contributed by atoms with Gasteiger partial charge in [0.05, 0.1) is 27.9 Å². The molecule has 3 nitrogen and oxygen atoms in total. The molecule has 0 aliphatic heterocycles. The predicted molar refractivity (Wildman–Crippen MR) is 166 cm³/mol. The Morgan fingerprint density at radius 1 is 0.400 bits per heavy atom. The van der Waals surface area contributed by atoms with Crippen LogP contribution in [-0.2, 0) is 0 Å². The Hall–Kier alpha value is -5.41. The summed E-state index contributed by atoms with van der Waals surface area (Å²) in [6.07, 6.45) is 1.90. The van der Waals surface area contributed by atoms with Gasteiger partial charge in [-0.1, -0.05) is 103 Å². The Kier molecular flexibility index (Phi) is 5.14. The van der Waals surface area contributed by atoms with Crippen molar-refractivity contribution in [2.24, 2.45) is 0 Å². The molecule has 3 aromatic heterocycles. The first-order valence-electron chi connectivity index (χ1n) is 13.4. The van der Waals surface area contributed by atoms with E-state index in [2.05, 4.69) is 120 Å².